The zero-order chi connectivity index (χ0) is 14.7. The van der Waals surface area contributed by atoms with Crippen molar-refractivity contribution in [1.82, 2.24) is 10.3 Å². The van der Waals surface area contributed by atoms with Crippen molar-refractivity contribution in [3.63, 3.8) is 0 Å². The molecule has 1 saturated heterocycles. The van der Waals surface area contributed by atoms with Gasteiger partial charge in [0.05, 0.1) is 22.6 Å². The van der Waals surface area contributed by atoms with Crippen LogP contribution in [0.25, 0.3) is 0 Å². The number of carbonyl (C=O) groups is 1. The summed E-state index contributed by atoms with van der Waals surface area (Å²) in [5.74, 6) is -0.553. The van der Waals surface area contributed by atoms with E-state index in [-0.39, 0.29) is 29.2 Å². The summed E-state index contributed by atoms with van der Waals surface area (Å²) in [6.07, 6.45) is 1.01. The molecule has 1 aliphatic rings. The first-order chi connectivity index (χ1) is 9.52. The van der Waals surface area contributed by atoms with Crippen LogP contribution in [0.5, 0.6) is 0 Å². The number of anilines is 1. The quantitative estimate of drug-likeness (QED) is 0.489. The van der Waals surface area contributed by atoms with Gasteiger partial charge < -0.3 is 21.1 Å². The molecule has 0 bridgehead atoms. The molecule has 9 heteroatoms. The second-order valence-electron chi connectivity index (χ2n) is 4.39. The topological polar surface area (TPSA) is 132 Å². The maximum Gasteiger partial charge on any atom is 0.288 e. The smallest absolute Gasteiger partial charge is 0.288 e. The summed E-state index contributed by atoms with van der Waals surface area (Å²) in [5, 5.41) is 16.9. The summed E-state index contributed by atoms with van der Waals surface area (Å²) in [6.45, 7) is 1.31. The fourth-order valence-electron chi connectivity index (χ4n) is 2.08. The van der Waals surface area contributed by atoms with E-state index in [0.29, 0.717) is 13.1 Å². The van der Waals surface area contributed by atoms with Crippen LogP contribution in [-0.2, 0) is 4.74 Å². The number of hydrogen-bond acceptors (Lipinski definition) is 7. The van der Waals surface area contributed by atoms with Gasteiger partial charge in [-0.2, -0.15) is 0 Å². The van der Waals surface area contributed by atoms with Crippen molar-refractivity contribution in [3.05, 3.63) is 27.9 Å². The molecule has 1 unspecified atom stereocenters. The monoisotopic (exact) mass is 281 g/mol. The molecule has 4 N–H and O–H groups in total. The second kappa shape index (κ2) is 5.80. The number of nitrogens with one attached hydrogen (secondary N) is 2. The lowest BCUT2D eigenvalue weighted by Crippen LogP contribution is -2.34. The Kier molecular flexibility index (Phi) is 4.11. The van der Waals surface area contributed by atoms with Crippen LogP contribution < -0.4 is 16.4 Å². The Bertz CT molecular complexity index is 536. The molecule has 2 atom stereocenters. The minimum absolute atomic E-state index is 0.0130. The third-order valence-electron chi connectivity index (χ3n) is 3.13. The standard InChI is InChI=1S/C11H15N5O4/c1-20-9-5-13-4-8(9)15-11-7(10(12)17)2-6(3-14-11)16(18)19/h2-3,8-9,13H,4-5H2,1H3,(H2,12,17)(H,14,15)/t8?,9-/m0/s1. The molecule has 2 heterocycles. The molecular formula is C11H15N5O4. The summed E-state index contributed by atoms with van der Waals surface area (Å²) < 4.78 is 5.28. The van der Waals surface area contributed by atoms with Crippen LogP contribution in [0.4, 0.5) is 11.5 Å². The Morgan fingerprint density at radius 3 is 3.00 bits per heavy atom. The Morgan fingerprint density at radius 2 is 2.40 bits per heavy atom. The van der Waals surface area contributed by atoms with Crippen LogP contribution in [0.1, 0.15) is 10.4 Å². The van der Waals surface area contributed by atoms with Gasteiger partial charge in [-0.1, -0.05) is 0 Å². The maximum atomic E-state index is 11.4. The number of carbonyl (C=O) groups excluding carboxylic acids is 1. The first-order valence-corrected chi connectivity index (χ1v) is 5.97. The van der Waals surface area contributed by atoms with Crippen LogP contribution in [-0.4, -0.2) is 48.2 Å². The lowest BCUT2D eigenvalue weighted by atomic mass is 10.1. The lowest BCUT2D eigenvalue weighted by Gasteiger charge is -2.20. The van der Waals surface area contributed by atoms with Crippen molar-refractivity contribution in [2.24, 2.45) is 5.73 Å². The molecule has 108 valence electrons. The number of nitrogens with two attached hydrogens (primary N) is 1. The van der Waals surface area contributed by atoms with E-state index < -0.39 is 10.8 Å². The highest BCUT2D eigenvalue weighted by molar-refractivity contribution is 5.98. The van der Waals surface area contributed by atoms with Crippen molar-refractivity contribution in [1.29, 1.82) is 0 Å². The fourth-order valence-corrected chi connectivity index (χ4v) is 2.08. The predicted molar refractivity (Wildman–Crippen MR) is 70.5 cm³/mol. The highest BCUT2D eigenvalue weighted by atomic mass is 16.6. The van der Waals surface area contributed by atoms with E-state index in [2.05, 4.69) is 15.6 Å². The molecule has 0 radical (unpaired) electrons. The molecule has 2 rings (SSSR count). The molecule has 1 aromatic rings. The van der Waals surface area contributed by atoms with Crippen molar-refractivity contribution in [2.45, 2.75) is 12.1 Å². The number of nitro groups is 1. The number of aromatic nitrogens is 1. The molecule has 1 aliphatic heterocycles. The summed E-state index contributed by atoms with van der Waals surface area (Å²) in [5.41, 5.74) is 4.94. The van der Waals surface area contributed by atoms with Crippen LogP contribution in [0.15, 0.2) is 12.3 Å². The van der Waals surface area contributed by atoms with Gasteiger partial charge in [-0.25, -0.2) is 4.98 Å². The van der Waals surface area contributed by atoms with E-state index in [1.54, 1.807) is 7.11 Å². The Hall–Kier alpha value is -2.26. The number of amides is 1. The molecule has 0 aliphatic carbocycles. The van der Waals surface area contributed by atoms with Gasteiger partial charge in [0.15, 0.2) is 0 Å². The molecule has 0 spiro atoms. The predicted octanol–water partition coefficient (Wildman–Crippen LogP) is -0.513. The third-order valence-corrected chi connectivity index (χ3v) is 3.13. The first kappa shape index (κ1) is 14.2. The Balaban J connectivity index is 2.27. The minimum Gasteiger partial charge on any atom is -0.378 e. The van der Waals surface area contributed by atoms with Gasteiger partial charge in [-0.05, 0) is 0 Å². The number of pyridine rings is 1. The minimum atomic E-state index is -0.774. The van der Waals surface area contributed by atoms with Crippen molar-refractivity contribution < 1.29 is 14.5 Å². The molecular weight excluding hydrogens is 266 g/mol. The zero-order valence-corrected chi connectivity index (χ0v) is 10.8. The number of methoxy groups -OCH3 is 1. The molecule has 9 nitrogen and oxygen atoms in total. The van der Waals surface area contributed by atoms with Crippen LogP contribution in [0, 0.1) is 10.1 Å². The van der Waals surface area contributed by atoms with Gasteiger partial charge in [-0.3, -0.25) is 14.9 Å². The van der Waals surface area contributed by atoms with E-state index in [0.717, 1.165) is 12.3 Å². The zero-order valence-electron chi connectivity index (χ0n) is 10.8. The van der Waals surface area contributed by atoms with Crippen molar-refractivity contribution in [3.8, 4) is 0 Å². The number of ether oxygens (including phenoxy) is 1. The van der Waals surface area contributed by atoms with Crippen LogP contribution >= 0.6 is 0 Å². The van der Waals surface area contributed by atoms with E-state index >= 15 is 0 Å². The summed E-state index contributed by atoms with van der Waals surface area (Å²) in [4.78, 5) is 25.4. The summed E-state index contributed by atoms with van der Waals surface area (Å²) >= 11 is 0. The number of primary amides is 1. The third kappa shape index (κ3) is 2.83. The van der Waals surface area contributed by atoms with E-state index in [1.165, 1.54) is 0 Å². The van der Waals surface area contributed by atoms with E-state index in [1.807, 2.05) is 0 Å². The molecule has 1 fully saturated rings. The lowest BCUT2D eigenvalue weighted by molar-refractivity contribution is -0.385. The van der Waals surface area contributed by atoms with Gasteiger partial charge in [0, 0.05) is 26.3 Å². The normalized spacial score (nSPS) is 21.6. The second-order valence-corrected chi connectivity index (χ2v) is 4.39. The van der Waals surface area contributed by atoms with E-state index in [9.17, 15) is 14.9 Å². The van der Waals surface area contributed by atoms with Crippen molar-refractivity contribution in [2.75, 3.05) is 25.5 Å². The first-order valence-electron chi connectivity index (χ1n) is 5.97. The molecule has 1 aromatic heterocycles. The Labute approximate surface area is 114 Å². The molecule has 0 saturated carbocycles. The molecule has 1 amide bonds. The fraction of sp³-hybridized carbons (Fsp3) is 0.455. The average Bonchev–Trinajstić information content (AvgIpc) is 2.85. The maximum absolute atomic E-state index is 11.4. The largest absolute Gasteiger partial charge is 0.378 e. The van der Waals surface area contributed by atoms with Crippen LogP contribution in [0.2, 0.25) is 0 Å². The average molecular weight is 281 g/mol. The van der Waals surface area contributed by atoms with Gasteiger partial charge in [0.1, 0.15) is 12.0 Å². The number of hydrogen-bond donors (Lipinski definition) is 3. The van der Waals surface area contributed by atoms with Gasteiger partial charge in [-0.15, -0.1) is 0 Å². The number of nitrogens with zero attached hydrogens (tertiary/aromatic N) is 2. The SMILES string of the molecule is CO[C@H]1CNCC1Nc1ncc([N+](=O)[O-])cc1C(N)=O. The van der Waals surface area contributed by atoms with Crippen LogP contribution in [0.3, 0.4) is 0 Å². The van der Waals surface area contributed by atoms with Crippen molar-refractivity contribution >= 4 is 17.4 Å². The highest BCUT2D eigenvalue weighted by Gasteiger charge is 2.28. The van der Waals surface area contributed by atoms with Gasteiger partial charge in [0.2, 0.25) is 0 Å². The molecule has 0 aromatic carbocycles. The van der Waals surface area contributed by atoms with E-state index in [4.69, 9.17) is 10.5 Å². The highest BCUT2D eigenvalue weighted by Crippen LogP contribution is 2.20. The molecule has 20 heavy (non-hydrogen) atoms. The summed E-state index contributed by atoms with van der Waals surface area (Å²) in [6, 6.07) is 1.02. The Morgan fingerprint density at radius 1 is 1.65 bits per heavy atom. The summed E-state index contributed by atoms with van der Waals surface area (Å²) in [7, 11) is 1.59. The van der Waals surface area contributed by atoms with Gasteiger partial charge >= 0.3 is 0 Å². The number of rotatable bonds is 5. The van der Waals surface area contributed by atoms with Gasteiger partial charge in [0.25, 0.3) is 11.6 Å².